The Bertz CT molecular complexity index is 394. The van der Waals surface area contributed by atoms with Crippen molar-refractivity contribution in [3.05, 3.63) is 28.2 Å². The summed E-state index contributed by atoms with van der Waals surface area (Å²) >= 11 is 3.63. The summed E-state index contributed by atoms with van der Waals surface area (Å²) in [5, 5.41) is 3.43. The molecule has 0 bridgehead atoms. The third-order valence-electron chi connectivity index (χ3n) is 3.82. The van der Waals surface area contributed by atoms with Crippen molar-refractivity contribution < 1.29 is 4.74 Å². The molecule has 20 heavy (non-hydrogen) atoms. The molecule has 1 aromatic rings. The van der Waals surface area contributed by atoms with Crippen molar-refractivity contribution in [3.63, 3.8) is 0 Å². The van der Waals surface area contributed by atoms with Gasteiger partial charge in [-0.2, -0.15) is 0 Å². The number of hydrogen-bond donors (Lipinski definition) is 1. The Hall–Kier alpha value is -0.580. The number of rotatable bonds is 9. The summed E-state index contributed by atoms with van der Waals surface area (Å²) in [5.41, 5.74) is 1.29. The van der Waals surface area contributed by atoms with E-state index in [0.717, 1.165) is 42.7 Å². The number of halogens is 1. The number of hydrogen-bond acceptors (Lipinski definition) is 3. The van der Waals surface area contributed by atoms with Crippen LogP contribution in [0.25, 0.3) is 0 Å². The monoisotopic (exact) mass is 342 g/mol. The molecule has 1 N–H and O–H groups in total. The lowest BCUT2D eigenvalue weighted by Gasteiger charge is -2.23. The Morgan fingerprint density at radius 2 is 2.00 bits per heavy atom. The first-order valence-electron chi connectivity index (χ1n) is 7.36. The molecule has 0 amide bonds. The van der Waals surface area contributed by atoms with Gasteiger partial charge in [-0.05, 0) is 63.3 Å². The van der Waals surface area contributed by atoms with Crippen LogP contribution in [0.15, 0.2) is 22.7 Å². The van der Waals surface area contributed by atoms with Crippen molar-refractivity contribution >= 4 is 15.9 Å². The van der Waals surface area contributed by atoms with Crippen molar-refractivity contribution in [1.82, 2.24) is 10.2 Å². The highest BCUT2D eigenvalue weighted by Crippen LogP contribution is 2.24. The van der Waals surface area contributed by atoms with Gasteiger partial charge in [-0.3, -0.25) is 0 Å². The van der Waals surface area contributed by atoms with Crippen LogP contribution in [-0.4, -0.2) is 44.7 Å². The number of ether oxygens (including phenoxy) is 1. The maximum Gasteiger partial charge on any atom is 0.119 e. The standard InChI is InChI=1S/C16H27BrN2O/c1-5-19(6-2)10-9-14(18-3)11-13-12-15(20-4)7-8-16(13)17/h7-8,12,14,18H,5-6,9-11H2,1-4H3. The molecule has 3 nitrogen and oxygen atoms in total. The molecule has 4 heteroatoms. The fourth-order valence-corrected chi connectivity index (χ4v) is 2.74. The first-order valence-corrected chi connectivity index (χ1v) is 8.15. The number of benzene rings is 1. The van der Waals surface area contributed by atoms with Gasteiger partial charge in [-0.1, -0.05) is 29.8 Å². The van der Waals surface area contributed by atoms with Gasteiger partial charge in [0.1, 0.15) is 5.75 Å². The topological polar surface area (TPSA) is 24.5 Å². The van der Waals surface area contributed by atoms with Gasteiger partial charge >= 0.3 is 0 Å². The van der Waals surface area contributed by atoms with E-state index >= 15 is 0 Å². The van der Waals surface area contributed by atoms with E-state index in [1.807, 2.05) is 13.1 Å². The molecule has 1 atom stereocenters. The van der Waals surface area contributed by atoms with E-state index in [2.05, 4.69) is 52.1 Å². The molecule has 114 valence electrons. The summed E-state index contributed by atoms with van der Waals surface area (Å²) < 4.78 is 6.46. The minimum atomic E-state index is 0.485. The summed E-state index contributed by atoms with van der Waals surface area (Å²) in [4.78, 5) is 2.46. The Balaban J connectivity index is 2.63. The number of likely N-dealkylation sites (N-methyl/N-ethyl adjacent to an activating group) is 1. The van der Waals surface area contributed by atoms with E-state index in [1.54, 1.807) is 7.11 Å². The normalized spacial score (nSPS) is 12.7. The fraction of sp³-hybridized carbons (Fsp3) is 0.625. The van der Waals surface area contributed by atoms with E-state index in [-0.39, 0.29) is 0 Å². The van der Waals surface area contributed by atoms with Crippen LogP contribution in [0.3, 0.4) is 0 Å². The molecule has 0 fully saturated rings. The van der Waals surface area contributed by atoms with Crippen molar-refractivity contribution in [1.29, 1.82) is 0 Å². The van der Waals surface area contributed by atoms with Crippen molar-refractivity contribution in [2.45, 2.75) is 32.7 Å². The second-order valence-corrected chi connectivity index (χ2v) is 5.82. The number of methoxy groups -OCH3 is 1. The minimum absolute atomic E-state index is 0.485. The van der Waals surface area contributed by atoms with Crippen molar-refractivity contribution in [3.8, 4) is 5.75 Å². The van der Waals surface area contributed by atoms with Gasteiger partial charge in [-0.25, -0.2) is 0 Å². The van der Waals surface area contributed by atoms with Crippen LogP contribution in [0, 0.1) is 0 Å². The highest BCUT2D eigenvalue weighted by atomic mass is 79.9. The van der Waals surface area contributed by atoms with E-state index in [0.29, 0.717) is 6.04 Å². The second-order valence-electron chi connectivity index (χ2n) is 4.96. The molecular formula is C16H27BrN2O. The van der Waals surface area contributed by atoms with Gasteiger partial charge in [0.2, 0.25) is 0 Å². The fourth-order valence-electron chi connectivity index (χ4n) is 2.33. The van der Waals surface area contributed by atoms with Crippen LogP contribution >= 0.6 is 15.9 Å². The lowest BCUT2D eigenvalue weighted by atomic mass is 10.0. The second kappa shape index (κ2) is 9.37. The number of nitrogens with zero attached hydrogens (tertiary/aromatic N) is 1. The predicted octanol–water partition coefficient (Wildman–Crippen LogP) is 3.32. The van der Waals surface area contributed by atoms with Crippen molar-refractivity contribution in [2.24, 2.45) is 0 Å². The van der Waals surface area contributed by atoms with E-state index in [1.165, 1.54) is 5.56 Å². The zero-order chi connectivity index (χ0) is 15.0. The van der Waals surface area contributed by atoms with Crippen LogP contribution in [0.5, 0.6) is 5.75 Å². The molecule has 1 aromatic carbocycles. The van der Waals surface area contributed by atoms with Gasteiger partial charge in [0, 0.05) is 10.5 Å². The Morgan fingerprint density at radius 1 is 1.30 bits per heavy atom. The third kappa shape index (κ3) is 5.43. The molecular weight excluding hydrogens is 316 g/mol. The smallest absolute Gasteiger partial charge is 0.119 e. The average molecular weight is 343 g/mol. The molecule has 0 heterocycles. The zero-order valence-electron chi connectivity index (χ0n) is 13.1. The largest absolute Gasteiger partial charge is 0.497 e. The molecule has 0 spiro atoms. The molecule has 1 unspecified atom stereocenters. The van der Waals surface area contributed by atoms with E-state index < -0.39 is 0 Å². The first-order chi connectivity index (χ1) is 9.64. The lowest BCUT2D eigenvalue weighted by Crippen LogP contribution is -2.34. The Morgan fingerprint density at radius 3 is 2.55 bits per heavy atom. The molecule has 0 saturated heterocycles. The highest BCUT2D eigenvalue weighted by Gasteiger charge is 2.12. The Kier molecular flexibility index (Phi) is 8.19. The van der Waals surface area contributed by atoms with Crippen LogP contribution in [0.1, 0.15) is 25.8 Å². The maximum atomic E-state index is 5.31. The third-order valence-corrected chi connectivity index (χ3v) is 4.59. The molecule has 0 aliphatic rings. The Labute approximate surface area is 131 Å². The average Bonchev–Trinajstić information content (AvgIpc) is 2.48. The minimum Gasteiger partial charge on any atom is -0.497 e. The predicted molar refractivity (Wildman–Crippen MR) is 89.7 cm³/mol. The van der Waals surface area contributed by atoms with Crippen LogP contribution < -0.4 is 10.1 Å². The molecule has 1 rings (SSSR count). The highest BCUT2D eigenvalue weighted by molar-refractivity contribution is 9.10. The van der Waals surface area contributed by atoms with E-state index in [4.69, 9.17) is 4.74 Å². The zero-order valence-corrected chi connectivity index (χ0v) is 14.7. The summed E-state index contributed by atoms with van der Waals surface area (Å²) in [6, 6.07) is 6.65. The van der Waals surface area contributed by atoms with Gasteiger partial charge in [0.25, 0.3) is 0 Å². The number of nitrogens with one attached hydrogen (secondary N) is 1. The first kappa shape index (κ1) is 17.5. The summed E-state index contributed by atoms with van der Waals surface area (Å²) in [7, 11) is 3.75. The molecule has 0 aliphatic carbocycles. The quantitative estimate of drug-likeness (QED) is 0.744. The van der Waals surface area contributed by atoms with Crippen LogP contribution in [0.4, 0.5) is 0 Å². The molecule has 0 aromatic heterocycles. The molecule has 0 saturated carbocycles. The summed E-state index contributed by atoms with van der Waals surface area (Å²) in [6.07, 6.45) is 2.16. The van der Waals surface area contributed by atoms with Crippen molar-refractivity contribution in [2.75, 3.05) is 33.8 Å². The van der Waals surface area contributed by atoms with Crippen LogP contribution in [-0.2, 0) is 6.42 Å². The SMILES string of the molecule is CCN(CC)CCC(Cc1cc(OC)ccc1Br)NC. The van der Waals surface area contributed by atoms with Gasteiger partial charge in [0.05, 0.1) is 7.11 Å². The summed E-state index contributed by atoms with van der Waals surface area (Å²) in [6.45, 7) is 7.82. The molecule has 0 radical (unpaired) electrons. The van der Waals surface area contributed by atoms with Gasteiger partial charge < -0.3 is 15.0 Å². The van der Waals surface area contributed by atoms with E-state index in [9.17, 15) is 0 Å². The maximum absolute atomic E-state index is 5.31. The van der Waals surface area contributed by atoms with Crippen LogP contribution in [0.2, 0.25) is 0 Å². The summed E-state index contributed by atoms with van der Waals surface area (Å²) in [5.74, 6) is 0.918. The lowest BCUT2D eigenvalue weighted by molar-refractivity contribution is 0.283. The van der Waals surface area contributed by atoms with Gasteiger partial charge in [-0.15, -0.1) is 0 Å². The molecule has 0 aliphatic heterocycles. The van der Waals surface area contributed by atoms with Gasteiger partial charge in [0.15, 0.2) is 0 Å².